The molecule has 186 valence electrons. The van der Waals surface area contributed by atoms with E-state index in [1.807, 2.05) is 0 Å². The third-order valence-corrected chi connectivity index (χ3v) is 7.33. The number of nitrogens with zero attached hydrogens (tertiary/aromatic N) is 1. The van der Waals surface area contributed by atoms with Crippen molar-refractivity contribution in [3.05, 3.63) is 63.7 Å². The summed E-state index contributed by atoms with van der Waals surface area (Å²) in [5.41, 5.74) is 4.81. The number of carbonyl (C=O) groups excluding carboxylic acids is 2. The number of benzene rings is 2. The lowest BCUT2D eigenvalue weighted by Crippen LogP contribution is -2.43. The zero-order chi connectivity index (χ0) is 24.3. The van der Waals surface area contributed by atoms with Gasteiger partial charge < -0.3 is 20.1 Å². The molecular weight excluding hydrogens is 466 g/mol. The number of hydrogen-bond donors (Lipinski definition) is 2. The number of nitrogens with one attached hydrogen (secondary N) is 2. The first-order valence-corrected chi connectivity index (χ1v) is 12.9. The fraction of sp³-hybridized carbons (Fsp3) is 0.481. The van der Waals surface area contributed by atoms with Crippen molar-refractivity contribution in [3.8, 4) is 0 Å². The minimum absolute atomic E-state index is 0.0162. The van der Waals surface area contributed by atoms with E-state index < -0.39 is 17.7 Å². The Kier molecular flexibility index (Phi) is 7.27. The zero-order valence-electron chi connectivity index (χ0n) is 19.9. The Balaban J connectivity index is 1.35. The Morgan fingerprint density at radius 1 is 0.914 bits per heavy atom. The van der Waals surface area contributed by atoms with Crippen molar-refractivity contribution in [1.29, 1.82) is 0 Å². The van der Waals surface area contributed by atoms with Gasteiger partial charge in [0, 0.05) is 18.7 Å². The second-order valence-electron chi connectivity index (χ2n) is 9.58. The van der Waals surface area contributed by atoms with E-state index in [9.17, 15) is 9.59 Å². The second kappa shape index (κ2) is 10.6. The lowest BCUT2D eigenvalue weighted by molar-refractivity contribution is -0.225. The molecule has 0 aromatic heterocycles. The number of ether oxygens (including phenoxy) is 2. The van der Waals surface area contributed by atoms with Crippen molar-refractivity contribution in [1.82, 2.24) is 10.2 Å². The van der Waals surface area contributed by atoms with Gasteiger partial charge in [0.05, 0.1) is 30.1 Å². The summed E-state index contributed by atoms with van der Waals surface area (Å²) in [5, 5.41) is 7.33. The first-order valence-electron chi connectivity index (χ1n) is 12.5. The maximum absolute atomic E-state index is 12.3. The SMILES string of the molecule is O=C1CCC(=O)OC2(CNCCc3c2ccc(Cl)c3NCc2ccc(CN3CCCCC3)cc2)O1. The van der Waals surface area contributed by atoms with Gasteiger partial charge in [-0.2, -0.15) is 0 Å². The van der Waals surface area contributed by atoms with Crippen LogP contribution in [0.2, 0.25) is 5.02 Å². The van der Waals surface area contributed by atoms with Crippen molar-refractivity contribution in [3.63, 3.8) is 0 Å². The molecule has 1 spiro atoms. The Bertz CT molecular complexity index is 1060. The van der Waals surface area contributed by atoms with Gasteiger partial charge in [-0.05, 0) is 67.7 Å². The smallest absolute Gasteiger partial charge is 0.309 e. The highest BCUT2D eigenvalue weighted by Gasteiger charge is 2.46. The highest BCUT2D eigenvalue weighted by atomic mass is 35.5. The van der Waals surface area contributed by atoms with E-state index in [1.165, 1.54) is 37.9 Å². The molecule has 3 aliphatic rings. The van der Waals surface area contributed by atoms with Crippen LogP contribution in [-0.4, -0.2) is 43.0 Å². The van der Waals surface area contributed by atoms with Crippen LogP contribution in [0.5, 0.6) is 0 Å². The number of halogens is 1. The number of anilines is 1. The fourth-order valence-electron chi connectivity index (χ4n) is 5.19. The van der Waals surface area contributed by atoms with E-state index in [4.69, 9.17) is 21.1 Å². The molecule has 0 atom stereocenters. The van der Waals surface area contributed by atoms with Crippen LogP contribution in [0, 0.1) is 0 Å². The topological polar surface area (TPSA) is 79.9 Å². The Morgan fingerprint density at radius 3 is 2.31 bits per heavy atom. The number of fused-ring (bicyclic) bond motifs is 2. The molecule has 2 aromatic carbocycles. The molecule has 2 fully saturated rings. The van der Waals surface area contributed by atoms with Crippen LogP contribution in [-0.2, 0) is 44.4 Å². The molecule has 0 amide bonds. The second-order valence-corrected chi connectivity index (χ2v) is 9.99. The van der Waals surface area contributed by atoms with Crippen LogP contribution >= 0.6 is 11.6 Å². The van der Waals surface area contributed by atoms with Crippen molar-refractivity contribution in [2.75, 3.05) is 31.5 Å². The molecule has 3 aliphatic heterocycles. The largest absolute Gasteiger partial charge is 0.416 e. The summed E-state index contributed by atoms with van der Waals surface area (Å²) >= 11 is 6.63. The predicted molar refractivity (Wildman–Crippen MR) is 134 cm³/mol. The molecule has 0 radical (unpaired) electrons. The summed E-state index contributed by atoms with van der Waals surface area (Å²) < 4.78 is 11.5. The third-order valence-electron chi connectivity index (χ3n) is 7.02. The van der Waals surface area contributed by atoms with E-state index in [0.717, 1.165) is 23.4 Å². The normalized spacial score (nSPS) is 20.4. The highest BCUT2D eigenvalue weighted by molar-refractivity contribution is 6.33. The van der Waals surface area contributed by atoms with Crippen molar-refractivity contribution in [2.24, 2.45) is 0 Å². The van der Waals surface area contributed by atoms with Crippen molar-refractivity contribution in [2.45, 2.75) is 57.4 Å². The van der Waals surface area contributed by atoms with Crippen LogP contribution in [0.4, 0.5) is 5.69 Å². The third kappa shape index (κ3) is 5.47. The van der Waals surface area contributed by atoms with E-state index in [2.05, 4.69) is 39.8 Å². The number of carbonyl (C=O) groups is 2. The molecule has 0 bridgehead atoms. The van der Waals surface area contributed by atoms with Crippen molar-refractivity contribution >= 4 is 29.2 Å². The van der Waals surface area contributed by atoms with Gasteiger partial charge >= 0.3 is 11.9 Å². The average Bonchev–Trinajstić information content (AvgIpc) is 3.12. The minimum atomic E-state index is -1.48. The van der Waals surface area contributed by atoms with Gasteiger partial charge in [0.25, 0.3) is 5.79 Å². The van der Waals surface area contributed by atoms with Crippen LogP contribution in [0.15, 0.2) is 36.4 Å². The molecule has 2 N–H and O–H groups in total. The molecule has 0 aliphatic carbocycles. The van der Waals surface area contributed by atoms with Crippen LogP contribution < -0.4 is 10.6 Å². The van der Waals surface area contributed by atoms with Crippen molar-refractivity contribution < 1.29 is 19.1 Å². The molecule has 35 heavy (non-hydrogen) atoms. The molecule has 3 heterocycles. The summed E-state index contributed by atoms with van der Waals surface area (Å²) in [6, 6.07) is 12.3. The van der Waals surface area contributed by atoms with Gasteiger partial charge in [-0.25, -0.2) is 0 Å². The number of likely N-dealkylation sites (tertiary alicyclic amines) is 1. The number of rotatable bonds is 5. The lowest BCUT2D eigenvalue weighted by Gasteiger charge is -2.32. The quantitative estimate of drug-likeness (QED) is 0.601. The maximum atomic E-state index is 12.3. The minimum Gasteiger partial charge on any atom is -0.416 e. The fourth-order valence-corrected chi connectivity index (χ4v) is 5.44. The van der Waals surface area contributed by atoms with Gasteiger partial charge in [-0.15, -0.1) is 0 Å². The first kappa shape index (κ1) is 24.1. The molecule has 2 aromatic rings. The number of hydrogen-bond acceptors (Lipinski definition) is 7. The van der Waals surface area contributed by atoms with Gasteiger partial charge in [0.15, 0.2) is 0 Å². The van der Waals surface area contributed by atoms with Gasteiger partial charge in [0.2, 0.25) is 0 Å². The summed E-state index contributed by atoms with van der Waals surface area (Å²) in [7, 11) is 0. The Morgan fingerprint density at radius 2 is 1.60 bits per heavy atom. The zero-order valence-corrected chi connectivity index (χ0v) is 20.7. The monoisotopic (exact) mass is 497 g/mol. The maximum Gasteiger partial charge on any atom is 0.309 e. The van der Waals surface area contributed by atoms with E-state index in [-0.39, 0.29) is 19.4 Å². The van der Waals surface area contributed by atoms with E-state index in [0.29, 0.717) is 30.1 Å². The summed E-state index contributed by atoms with van der Waals surface area (Å²) in [6.07, 6.45) is 4.61. The van der Waals surface area contributed by atoms with Gasteiger partial charge in [0.1, 0.15) is 0 Å². The Hall–Kier alpha value is -2.61. The molecule has 7 nitrogen and oxygen atoms in total. The molecule has 8 heteroatoms. The van der Waals surface area contributed by atoms with Gasteiger partial charge in [-0.1, -0.05) is 42.3 Å². The number of esters is 2. The van der Waals surface area contributed by atoms with Crippen LogP contribution in [0.25, 0.3) is 0 Å². The average molecular weight is 498 g/mol. The molecule has 2 saturated heterocycles. The standard InChI is InChI=1S/C27H32ClN3O4/c28-23-9-8-22-21(12-13-29-18-27(22)34-24(32)10-11-25(33)35-27)26(23)30-16-19-4-6-20(7-5-19)17-31-14-2-1-3-15-31/h4-9,29-30H,1-3,10-18H2. The predicted octanol–water partition coefficient (Wildman–Crippen LogP) is 4.12. The van der Waals surface area contributed by atoms with E-state index >= 15 is 0 Å². The lowest BCUT2D eigenvalue weighted by atomic mass is 9.96. The summed E-state index contributed by atoms with van der Waals surface area (Å²) in [5.74, 6) is -2.37. The van der Waals surface area contributed by atoms with Gasteiger partial charge in [-0.3, -0.25) is 14.5 Å². The highest BCUT2D eigenvalue weighted by Crippen LogP contribution is 2.40. The first-order chi connectivity index (χ1) is 17.0. The number of piperidine rings is 1. The van der Waals surface area contributed by atoms with Crippen LogP contribution in [0.3, 0.4) is 0 Å². The molecule has 0 unspecified atom stereocenters. The Labute approximate surface area is 211 Å². The molecular formula is C27H32ClN3O4. The molecule has 0 saturated carbocycles. The summed E-state index contributed by atoms with van der Waals surface area (Å²) in [6.45, 7) is 4.81. The molecule has 5 rings (SSSR count). The van der Waals surface area contributed by atoms with E-state index in [1.54, 1.807) is 12.1 Å². The summed E-state index contributed by atoms with van der Waals surface area (Å²) in [4.78, 5) is 27.1. The van der Waals surface area contributed by atoms with Crippen LogP contribution in [0.1, 0.15) is 54.4 Å².